The van der Waals surface area contributed by atoms with Crippen molar-refractivity contribution in [2.75, 3.05) is 5.73 Å². The summed E-state index contributed by atoms with van der Waals surface area (Å²) in [5.74, 6) is -0.395. The minimum atomic E-state index is -0.714. The predicted octanol–water partition coefficient (Wildman–Crippen LogP) is 4.54. The Morgan fingerprint density at radius 1 is 0.871 bits per heavy atom. The molecule has 6 nitrogen and oxygen atoms in total. The molecular formula is C24H16N2O4S. The zero-order chi connectivity index (χ0) is 21.5. The van der Waals surface area contributed by atoms with Crippen molar-refractivity contribution in [3.8, 4) is 11.4 Å². The average molecular weight is 428 g/mol. The van der Waals surface area contributed by atoms with E-state index in [-0.39, 0.29) is 15.9 Å². The van der Waals surface area contributed by atoms with E-state index in [1.807, 2.05) is 18.2 Å². The number of nitrogens with zero attached hydrogens (tertiary/aromatic N) is 1. The highest BCUT2D eigenvalue weighted by molar-refractivity contribution is 7.99. The van der Waals surface area contributed by atoms with Gasteiger partial charge < -0.3 is 15.3 Å². The Hall–Kier alpha value is -3.97. The molecule has 5 aromatic rings. The molecule has 0 aliphatic heterocycles. The van der Waals surface area contributed by atoms with E-state index in [2.05, 4.69) is 0 Å². The summed E-state index contributed by atoms with van der Waals surface area (Å²) < 4.78 is 7.09. The molecule has 0 spiro atoms. The maximum Gasteiger partial charge on any atom is 0.354 e. The number of aromatic nitrogens is 1. The lowest BCUT2D eigenvalue weighted by atomic mass is 10.1. The summed E-state index contributed by atoms with van der Waals surface area (Å²) in [5.41, 5.74) is 6.40. The molecule has 2 heterocycles. The van der Waals surface area contributed by atoms with Gasteiger partial charge in [0.05, 0.1) is 5.52 Å². The second-order valence-electron chi connectivity index (χ2n) is 6.94. The summed E-state index contributed by atoms with van der Waals surface area (Å²) in [6.07, 6.45) is 0. The highest BCUT2D eigenvalue weighted by Crippen LogP contribution is 2.37. The summed E-state index contributed by atoms with van der Waals surface area (Å²) in [6.45, 7) is 0. The molecule has 0 fully saturated rings. The van der Waals surface area contributed by atoms with Crippen molar-refractivity contribution in [2.45, 2.75) is 9.79 Å². The first-order valence-electron chi connectivity index (χ1n) is 9.47. The first-order valence-corrected chi connectivity index (χ1v) is 10.3. The molecule has 0 atom stereocenters. The van der Waals surface area contributed by atoms with Crippen molar-refractivity contribution >= 4 is 39.3 Å². The molecule has 2 aromatic heterocycles. The molecule has 3 aromatic carbocycles. The van der Waals surface area contributed by atoms with Crippen LogP contribution >= 0.6 is 11.8 Å². The molecule has 31 heavy (non-hydrogen) atoms. The Balaban J connectivity index is 1.86. The van der Waals surface area contributed by atoms with E-state index < -0.39 is 16.9 Å². The monoisotopic (exact) mass is 428 g/mol. The van der Waals surface area contributed by atoms with Crippen LogP contribution in [0, 0.1) is 0 Å². The van der Waals surface area contributed by atoms with Gasteiger partial charge in [-0.15, -0.1) is 0 Å². The lowest BCUT2D eigenvalue weighted by Gasteiger charge is -2.14. The Bertz CT molecular complexity index is 1560. The standard InChI is InChI=1S/C24H16N2O4S/c25-14-10-12-16(13-11-14)31-22-20(27)19-21(30-24(22)29)17-8-4-5-9-18(17)26(23(19)28)15-6-2-1-3-7-15/h1-13,27H,25H2. The van der Waals surface area contributed by atoms with Crippen LogP contribution < -0.4 is 16.9 Å². The molecular weight excluding hydrogens is 412 g/mol. The van der Waals surface area contributed by atoms with E-state index in [1.165, 1.54) is 4.57 Å². The van der Waals surface area contributed by atoms with Crippen LogP contribution in [-0.2, 0) is 0 Å². The highest BCUT2D eigenvalue weighted by atomic mass is 32.2. The van der Waals surface area contributed by atoms with Crippen molar-refractivity contribution in [3.05, 3.63) is 99.6 Å². The second-order valence-corrected chi connectivity index (χ2v) is 8.02. The van der Waals surface area contributed by atoms with Gasteiger partial charge in [-0.05, 0) is 48.5 Å². The molecule has 7 heteroatoms. The molecule has 0 radical (unpaired) electrons. The van der Waals surface area contributed by atoms with Gasteiger partial charge in [-0.1, -0.05) is 42.1 Å². The van der Waals surface area contributed by atoms with Gasteiger partial charge in [0.1, 0.15) is 10.3 Å². The third-order valence-corrected chi connectivity index (χ3v) is 6.05. The third-order valence-electron chi connectivity index (χ3n) is 4.98. The van der Waals surface area contributed by atoms with Crippen molar-refractivity contribution in [3.63, 3.8) is 0 Å². The van der Waals surface area contributed by atoms with Gasteiger partial charge in [0.2, 0.25) is 0 Å². The predicted molar refractivity (Wildman–Crippen MR) is 122 cm³/mol. The summed E-state index contributed by atoms with van der Waals surface area (Å²) >= 11 is 1.02. The van der Waals surface area contributed by atoms with Crippen LogP contribution in [0.1, 0.15) is 0 Å². The maximum absolute atomic E-state index is 13.5. The fraction of sp³-hybridized carbons (Fsp3) is 0. The largest absolute Gasteiger partial charge is 0.505 e. The topological polar surface area (TPSA) is 98.5 Å². The number of hydrogen-bond acceptors (Lipinski definition) is 6. The van der Waals surface area contributed by atoms with Gasteiger partial charge in [-0.25, -0.2) is 4.79 Å². The van der Waals surface area contributed by atoms with E-state index >= 15 is 0 Å². The summed E-state index contributed by atoms with van der Waals surface area (Å²) in [7, 11) is 0. The first-order chi connectivity index (χ1) is 15.0. The van der Waals surface area contributed by atoms with Gasteiger partial charge in [0, 0.05) is 21.7 Å². The molecule has 0 amide bonds. The van der Waals surface area contributed by atoms with Gasteiger partial charge in [0.15, 0.2) is 11.3 Å². The lowest BCUT2D eigenvalue weighted by Crippen LogP contribution is -2.20. The van der Waals surface area contributed by atoms with Gasteiger partial charge in [0.25, 0.3) is 5.56 Å². The molecule has 0 saturated carbocycles. The smallest absolute Gasteiger partial charge is 0.354 e. The van der Waals surface area contributed by atoms with Crippen LogP contribution in [0.15, 0.2) is 103 Å². The molecule has 0 bridgehead atoms. The summed E-state index contributed by atoms with van der Waals surface area (Å²) in [4.78, 5) is 26.9. The van der Waals surface area contributed by atoms with Crippen LogP contribution in [0.5, 0.6) is 5.75 Å². The SMILES string of the molecule is Nc1ccc(Sc2c(O)c3c(=O)n(-c4ccccc4)c4ccccc4c3oc2=O)cc1. The number of anilines is 1. The van der Waals surface area contributed by atoms with Crippen LogP contribution in [0.3, 0.4) is 0 Å². The molecule has 0 aliphatic rings. The van der Waals surface area contributed by atoms with Gasteiger partial charge >= 0.3 is 5.63 Å². The quantitative estimate of drug-likeness (QED) is 0.323. The van der Waals surface area contributed by atoms with Gasteiger partial charge in [-0.3, -0.25) is 9.36 Å². The maximum atomic E-state index is 13.5. The van der Waals surface area contributed by atoms with E-state index in [0.29, 0.717) is 27.2 Å². The van der Waals surface area contributed by atoms with Crippen LogP contribution in [-0.4, -0.2) is 9.67 Å². The number of nitrogen functional groups attached to an aromatic ring is 1. The van der Waals surface area contributed by atoms with E-state index in [9.17, 15) is 14.7 Å². The Labute approximate surface area is 180 Å². The lowest BCUT2D eigenvalue weighted by molar-refractivity contribution is 0.447. The number of fused-ring (bicyclic) bond motifs is 3. The van der Waals surface area contributed by atoms with Crippen LogP contribution in [0.2, 0.25) is 0 Å². The molecule has 152 valence electrons. The Morgan fingerprint density at radius 3 is 2.29 bits per heavy atom. The number of aromatic hydroxyl groups is 1. The number of para-hydroxylation sites is 2. The molecule has 0 unspecified atom stereocenters. The van der Waals surface area contributed by atoms with E-state index in [1.54, 1.807) is 60.7 Å². The molecule has 0 saturated heterocycles. The zero-order valence-corrected chi connectivity index (χ0v) is 16.9. The van der Waals surface area contributed by atoms with Gasteiger partial charge in [-0.2, -0.15) is 0 Å². The molecule has 0 aliphatic carbocycles. The fourth-order valence-corrected chi connectivity index (χ4v) is 4.39. The second kappa shape index (κ2) is 7.37. The van der Waals surface area contributed by atoms with Crippen LogP contribution in [0.25, 0.3) is 27.6 Å². The zero-order valence-electron chi connectivity index (χ0n) is 16.1. The number of rotatable bonds is 3. The van der Waals surface area contributed by atoms with Crippen molar-refractivity contribution in [1.82, 2.24) is 4.57 Å². The summed E-state index contributed by atoms with van der Waals surface area (Å²) in [6, 6.07) is 23.1. The van der Waals surface area contributed by atoms with Crippen molar-refractivity contribution in [1.29, 1.82) is 0 Å². The number of pyridine rings is 1. The Kier molecular flexibility index (Phi) is 4.52. The number of nitrogens with two attached hydrogens (primary N) is 1. The average Bonchev–Trinajstić information content (AvgIpc) is 2.78. The summed E-state index contributed by atoms with van der Waals surface area (Å²) in [5, 5.41) is 11.6. The molecule has 3 N–H and O–H groups in total. The highest BCUT2D eigenvalue weighted by Gasteiger charge is 2.22. The fourth-order valence-electron chi connectivity index (χ4n) is 3.55. The Morgan fingerprint density at radius 2 is 1.55 bits per heavy atom. The number of hydrogen-bond donors (Lipinski definition) is 2. The minimum Gasteiger partial charge on any atom is -0.505 e. The normalized spacial score (nSPS) is 11.2. The van der Waals surface area contributed by atoms with Crippen molar-refractivity contribution < 1.29 is 9.52 Å². The van der Waals surface area contributed by atoms with Crippen molar-refractivity contribution in [2.24, 2.45) is 0 Å². The first kappa shape index (κ1) is 19.0. The molecule has 5 rings (SSSR count). The van der Waals surface area contributed by atoms with E-state index in [4.69, 9.17) is 10.2 Å². The van der Waals surface area contributed by atoms with E-state index in [0.717, 1.165) is 11.8 Å². The third kappa shape index (κ3) is 3.15. The van der Waals surface area contributed by atoms with Crippen LogP contribution in [0.4, 0.5) is 5.69 Å². The number of benzene rings is 3. The minimum absolute atomic E-state index is 0.0416.